The van der Waals surface area contributed by atoms with Gasteiger partial charge >= 0.3 is 6.18 Å². The summed E-state index contributed by atoms with van der Waals surface area (Å²) in [5, 5.41) is 13.6. The molecule has 2 N–H and O–H groups in total. The van der Waals surface area contributed by atoms with Gasteiger partial charge in [-0.25, -0.2) is 0 Å². The molecule has 0 unspecified atom stereocenters. The number of hydrogen-bond donors (Lipinski definition) is 2. The number of amides is 1. The zero-order chi connectivity index (χ0) is 19.0. The second-order valence-corrected chi connectivity index (χ2v) is 5.83. The number of nitrogens with one attached hydrogen (secondary N) is 2. The third kappa shape index (κ3) is 7.03. The van der Waals surface area contributed by atoms with E-state index in [9.17, 15) is 18.0 Å². The molecule has 0 fully saturated rings. The van der Waals surface area contributed by atoms with Crippen molar-refractivity contribution in [2.24, 2.45) is 0 Å². The molecule has 0 saturated heterocycles. The predicted molar refractivity (Wildman–Crippen MR) is 90.0 cm³/mol. The number of carbonyl (C=O) groups excluding carboxylic acids is 1. The van der Waals surface area contributed by atoms with Crippen LogP contribution in [0.3, 0.4) is 0 Å². The molecule has 5 nitrogen and oxygen atoms in total. The third-order valence-corrected chi connectivity index (χ3v) is 3.40. The van der Waals surface area contributed by atoms with Crippen LogP contribution in [0.2, 0.25) is 5.02 Å². The summed E-state index contributed by atoms with van der Waals surface area (Å²) in [7, 11) is 3.84. The van der Waals surface area contributed by atoms with Crippen LogP contribution in [0.5, 0.6) is 0 Å². The number of nitriles is 1. The van der Waals surface area contributed by atoms with Crippen molar-refractivity contribution < 1.29 is 18.0 Å². The highest BCUT2D eigenvalue weighted by Crippen LogP contribution is 2.36. The Labute approximate surface area is 149 Å². The molecule has 0 aliphatic rings. The summed E-state index contributed by atoms with van der Waals surface area (Å²) in [6.07, 6.45) is -2.60. The highest BCUT2D eigenvalue weighted by Gasteiger charge is 2.33. The van der Waals surface area contributed by atoms with Gasteiger partial charge in [0.05, 0.1) is 10.6 Å². The standard InChI is InChI=1S/C16H18ClF3N4O/c1-24(2)7-3-6-22-10-11(9-21)15(25)23-12-4-5-14(17)13(8-12)16(18,19)20/h4-5,8,10,22H,3,6-7H2,1-2H3,(H,23,25)/b11-10-. The van der Waals surface area contributed by atoms with Crippen molar-refractivity contribution in [2.45, 2.75) is 12.6 Å². The van der Waals surface area contributed by atoms with Crippen LogP contribution in [0, 0.1) is 11.3 Å². The lowest BCUT2D eigenvalue weighted by molar-refractivity contribution is -0.137. The van der Waals surface area contributed by atoms with E-state index in [4.69, 9.17) is 16.9 Å². The van der Waals surface area contributed by atoms with Gasteiger partial charge in [-0.3, -0.25) is 4.79 Å². The fraction of sp³-hybridized carbons (Fsp3) is 0.375. The topological polar surface area (TPSA) is 68.2 Å². The number of benzene rings is 1. The summed E-state index contributed by atoms with van der Waals surface area (Å²) in [6.45, 7) is 1.38. The van der Waals surface area contributed by atoms with Crippen molar-refractivity contribution in [3.05, 3.63) is 40.6 Å². The quantitative estimate of drug-likeness (QED) is 0.437. The Morgan fingerprint density at radius 3 is 2.64 bits per heavy atom. The van der Waals surface area contributed by atoms with Crippen molar-refractivity contribution in [1.29, 1.82) is 5.26 Å². The fourth-order valence-electron chi connectivity index (χ4n) is 1.84. The molecule has 0 radical (unpaired) electrons. The predicted octanol–water partition coefficient (Wildman–Crippen LogP) is 3.25. The molecular weight excluding hydrogens is 357 g/mol. The summed E-state index contributed by atoms with van der Waals surface area (Å²) < 4.78 is 38.4. The van der Waals surface area contributed by atoms with Crippen LogP contribution >= 0.6 is 11.6 Å². The van der Waals surface area contributed by atoms with Crippen LogP contribution in [0.15, 0.2) is 30.0 Å². The van der Waals surface area contributed by atoms with Gasteiger partial charge in [0.15, 0.2) is 0 Å². The SMILES string of the molecule is CN(C)CCCN/C=C(/C#N)C(=O)Nc1ccc(Cl)c(C(F)(F)F)c1. The second-order valence-electron chi connectivity index (χ2n) is 5.43. The van der Waals surface area contributed by atoms with Crippen molar-refractivity contribution in [3.8, 4) is 6.07 Å². The highest BCUT2D eigenvalue weighted by atomic mass is 35.5. The average molecular weight is 375 g/mol. The van der Waals surface area contributed by atoms with E-state index in [0.717, 1.165) is 25.1 Å². The minimum absolute atomic E-state index is 0.101. The van der Waals surface area contributed by atoms with Gasteiger partial charge in [-0.2, -0.15) is 18.4 Å². The van der Waals surface area contributed by atoms with Crippen LogP contribution in [0.25, 0.3) is 0 Å². The van der Waals surface area contributed by atoms with Gasteiger partial charge < -0.3 is 15.5 Å². The molecule has 1 rings (SSSR count). The minimum Gasteiger partial charge on any atom is -0.390 e. The molecule has 0 atom stereocenters. The average Bonchev–Trinajstić information content (AvgIpc) is 2.51. The van der Waals surface area contributed by atoms with Crippen LogP contribution in [-0.2, 0) is 11.0 Å². The van der Waals surface area contributed by atoms with E-state index in [1.54, 1.807) is 6.07 Å². The first-order valence-electron chi connectivity index (χ1n) is 7.31. The molecule has 1 aromatic rings. The van der Waals surface area contributed by atoms with E-state index in [1.807, 2.05) is 19.0 Å². The Hall–Kier alpha value is -2.24. The van der Waals surface area contributed by atoms with Gasteiger partial charge in [-0.15, -0.1) is 0 Å². The molecule has 1 aromatic carbocycles. The maximum atomic E-state index is 12.8. The van der Waals surface area contributed by atoms with Gasteiger partial charge in [-0.1, -0.05) is 11.6 Å². The van der Waals surface area contributed by atoms with Crippen LogP contribution in [0.4, 0.5) is 18.9 Å². The summed E-state index contributed by atoms with van der Waals surface area (Å²) in [6, 6.07) is 4.70. The second kappa shape index (κ2) is 9.30. The zero-order valence-electron chi connectivity index (χ0n) is 13.7. The monoisotopic (exact) mass is 374 g/mol. The first-order chi connectivity index (χ1) is 11.6. The Balaban J connectivity index is 2.75. The Morgan fingerprint density at radius 1 is 1.40 bits per heavy atom. The molecule has 0 heterocycles. The number of nitrogens with zero attached hydrogens (tertiary/aromatic N) is 2. The van der Waals surface area contributed by atoms with Crippen molar-refractivity contribution in [2.75, 3.05) is 32.5 Å². The lowest BCUT2D eigenvalue weighted by Crippen LogP contribution is -2.20. The number of halogens is 4. The van der Waals surface area contributed by atoms with Gasteiger partial charge in [-0.05, 0) is 45.3 Å². The van der Waals surface area contributed by atoms with Crippen molar-refractivity contribution in [1.82, 2.24) is 10.2 Å². The van der Waals surface area contributed by atoms with E-state index in [2.05, 4.69) is 10.6 Å². The molecule has 25 heavy (non-hydrogen) atoms. The first kappa shape index (κ1) is 20.8. The van der Waals surface area contributed by atoms with Gasteiger partial charge in [0.25, 0.3) is 5.91 Å². The maximum Gasteiger partial charge on any atom is 0.417 e. The smallest absolute Gasteiger partial charge is 0.390 e. The Kier molecular flexibility index (Phi) is 7.74. The summed E-state index contributed by atoms with van der Waals surface area (Å²) in [4.78, 5) is 14.0. The number of hydrogen-bond acceptors (Lipinski definition) is 4. The highest BCUT2D eigenvalue weighted by molar-refractivity contribution is 6.31. The lowest BCUT2D eigenvalue weighted by Gasteiger charge is -2.12. The van der Waals surface area contributed by atoms with Crippen LogP contribution in [-0.4, -0.2) is 38.0 Å². The number of anilines is 1. The Morgan fingerprint density at radius 2 is 2.08 bits per heavy atom. The maximum absolute atomic E-state index is 12.8. The van der Waals surface area contributed by atoms with Crippen LogP contribution in [0.1, 0.15) is 12.0 Å². The lowest BCUT2D eigenvalue weighted by atomic mass is 10.2. The van der Waals surface area contributed by atoms with Crippen LogP contribution < -0.4 is 10.6 Å². The van der Waals surface area contributed by atoms with E-state index in [-0.39, 0.29) is 11.3 Å². The molecule has 1 amide bonds. The minimum atomic E-state index is -4.64. The fourth-order valence-corrected chi connectivity index (χ4v) is 2.06. The zero-order valence-corrected chi connectivity index (χ0v) is 14.5. The largest absolute Gasteiger partial charge is 0.417 e. The summed E-state index contributed by atoms with van der Waals surface area (Å²) in [5.74, 6) is -0.807. The van der Waals surface area contributed by atoms with Crippen molar-refractivity contribution in [3.63, 3.8) is 0 Å². The van der Waals surface area contributed by atoms with E-state index in [0.29, 0.717) is 6.54 Å². The van der Waals surface area contributed by atoms with E-state index < -0.39 is 22.7 Å². The Bertz CT molecular complexity index is 681. The van der Waals surface area contributed by atoms with Gasteiger partial charge in [0.2, 0.25) is 0 Å². The van der Waals surface area contributed by atoms with Gasteiger partial charge in [0, 0.05) is 18.4 Å². The number of rotatable bonds is 7. The molecule has 0 aliphatic heterocycles. The van der Waals surface area contributed by atoms with E-state index >= 15 is 0 Å². The molecule has 136 valence electrons. The van der Waals surface area contributed by atoms with E-state index in [1.165, 1.54) is 12.3 Å². The summed E-state index contributed by atoms with van der Waals surface area (Å²) in [5.41, 5.74) is -1.40. The molecule has 0 aliphatic carbocycles. The molecular formula is C16H18ClF3N4O. The first-order valence-corrected chi connectivity index (χ1v) is 7.69. The number of alkyl halides is 3. The summed E-state index contributed by atoms with van der Waals surface area (Å²) >= 11 is 5.52. The van der Waals surface area contributed by atoms with Gasteiger partial charge in [0.1, 0.15) is 11.6 Å². The normalized spacial score (nSPS) is 12.0. The molecule has 0 aromatic heterocycles. The molecule has 0 bridgehead atoms. The molecule has 0 spiro atoms. The number of carbonyl (C=O) groups is 1. The molecule has 9 heteroatoms. The third-order valence-electron chi connectivity index (χ3n) is 3.07. The van der Waals surface area contributed by atoms with Crippen molar-refractivity contribution >= 4 is 23.2 Å². The molecule has 0 saturated carbocycles.